The maximum absolute atomic E-state index is 11.5. The second-order valence-corrected chi connectivity index (χ2v) is 7.74. The standard InChI is InChI=1S/C13H27N3O3S/c1-4-5-6-12(13(14)17)15-11-7-8-16(9-10(11)2)20(3,18)19/h10-12,15H,4-9H2,1-3H3,(H2,14,17). The minimum atomic E-state index is -3.13. The fraction of sp³-hybridized carbons (Fsp3) is 0.923. The van der Waals surface area contributed by atoms with Crippen LogP contribution in [0, 0.1) is 5.92 Å². The number of unbranched alkanes of at least 4 members (excludes halogenated alkanes) is 1. The molecule has 3 N–H and O–H groups in total. The molecule has 1 aliphatic heterocycles. The molecule has 1 fully saturated rings. The molecule has 0 bridgehead atoms. The van der Waals surface area contributed by atoms with Crippen molar-refractivity contribution in [2.45, 2.75) is 51.6 Å². The summed E-state index contributed by atoms with van der Waals surface area (Å²) >= 11 is 0. The molecule has 20 heavy (non-hydrogen) atoms. The summed E-state index contributed by atoms with van der Waals surface area (Å²) in [7, 11) is -3.13. The normalized spacial score (nSPS) is 26.4. The number of carbonyl (C=O) groups is 1. The van der Waals surface area contributed by atoms with Crippen LogP contribution in [0.4, 0.5) is 0 Å². The number of rotatable bonds is 7. The van der Waals surface area contributed by atoms with E-state index in [1.54, 1.807) is 0 Å². The summed E-state index contributed by atoms with van der Waals surface area (Å²) in [5.41, 5.74) is 5.43. The van der Waals surface area contributed by atoms with Crippen LogP contribution in [0.3, 0.4) is 0 Å². The first kappa shape index (κ1) is 17.4. The van der Waals surface area contributed by atoms with Gasteiger partial charge in [0.25, 0.3) is 0 Å². The number of nitrogens with one attached hydrogen (secondary N) is 1. The van der Waals surface area contributed by atoms with E-state index in [9.17, 15) is 13.2 Å². The minimum Gasteiger partial charge on any atom is -0.368 e. The topological polar surface area (TPSA) is 92.5 Å². The lowest BCUT2D eigenvalue weighted by Crippen LogP contribution is -2.54. The molecule has 1 amide bonds. The molecule has 1 saturated heterocycles. The van der Waals surface area contributed by atoms with Crippen molar-refractivity contribution in [3.05, 3.63) is 0 Å². The van der Waals surface area contributed by atoms with Gasteiger partial charge in [-0.15, -0.1) is 0 Å². The van der Waals surface area contributed by atoms with Crippen LogP contribution < -0.4 is 11.1 Å². The van der Waals surface area contributed by atoms with Gasteiger partial charge in [-0.2, -0.15) is 0 Å². The molecule has 1 heterocycles. The summed E-state index contributed by atoms with van der Waals surface area (Å²) in [6, 6.07) is -0.172. The average Bonchev–Trinajstić information content (AvgIpc) is 2.34. The molecule has 0 spiro atoms. The van der Waals surface area contributed by atoms with Gasteiger partial charge in [-0.25, -0.2) is 12.7 Å². The van der Waals surface area contributed by atoms with Crippen LogP contribution in [0.2, 0.25) is 0 Å². The van der Waals surface area contributed by atoms with Gasteiger partial charge < -0.3 is 11.1 Å². The number of nitrogens with zero attached hydrogens (tertiary/aromatic N) is 1. The number of primary amides is 1. The van der Waals surface area contributed by atoms with Crippen molar-refractivity contribution in [3.8, 4) is 0 Å². The maximum atomic E-state index is 11.5. The van der Waals surface area contributed by atoms with Crippen LogP contribution in [0.25, 0.3) is 0 Å². The lowest BCUT2D eigenvalue weighted by molar-refractivity contribution is -0.120. The fourth-order valence-corrected chi connectivity index (χ4v) is 3.57. The van der Waals surface area contributed by atoms with E-state index in [-0.39, 0.29) is 23.9 Å². The van der Waals surface area contributed by atoms with E-state index in [1.165, 1.54) is 10.6 Å². The molecule has 0 aliphatic carbocycles. The van der Waals surface area contributed by atoms with Gasteiger partial charge >= 0.3 is 0 Å². The molecule has 3 unspecified atom stereocenters. The zero-order valence-corrected chi connectivity index (χ0v) is 13.4. The number of hydrogen-bond donors (Lipinski definition) is 2. The Hall–Kier alpha value is -0.660. The van der Waals surface area contributed by atoms with Crippen LogP contribution in [0.15, 0.2) is 0 Å². The largest absolute Gasteiger partial charge is 0.368 e. The number of sulfonamides is 1. The number of amides is 1. The summed E-state index contributed by atoms with van der Waals surface area (Å²) in [6.07, 6.45) is 4.67. The Morgan fingerprint density at radius 2 is 2.15 bits per heavy atom. The van der Waals surface area contributed by atoms with Gasteiger partial charge in [-0.05, 0) is 18.8 Å². The van der Waals surface area contributed by atoms with E-state index < -0.39 is 10.0 Å². The second kappa shape index (κ2) is 7.38. The number of carbonyl (C=O) groups excluding carboxylic acids is 1. The van der Waals surface area contributed by atoms with Gasteiger partial charge in [0.1, 0.15) is 0 Å². The number of nitrogens with two attached hydrogens (primary N) is 1. The molecule has 1 rings (SSSR count). The quantitative estimate of drug-likeness (QED) is 0.707. The number of hydrogen-bond acceptors (Lipinski definition) is 4. The Bertz CT molecular complexity index is 425. The van der Waals surface area contributed by atoms with Crippen LogP contribution in [0.5, 0.6) is 0 Å². The molecular weight excluding hydrogens is 278 g/mol. The van der Waals surface area contributed by atoms with E-state index in [2.05, 4.69) is 12.2 Å². The van der Waals surface area contributed by atoms with Crippen molar-refractivity contribution in [1.29, 1.82) is 0 Å². The summed E-state index contributed by atoms with van der Waals surface area (Å²) < 4.78 is 24.6. The first-order valence-electron chi connectivity index (χ1n) is 7.26. The Morgan fingerprint density at radius 1 is 1.50 bits per heavy atom. The Morgan fingerprint density at radius 3 is 2.60 bits per heavy atom. The van der Waals surface area contributed by atoms with Crippen molar-refractivity contribution in [2.75, 3.05) is 19.3 Å². The summed E-state index contributed by atoms with van der Waals surface area (Å²) in [5.74, 6) is -0.154. The van der Waals surface area contributed by atoms with Crippen molar-refractivity contribution in [2.24, 2.45) is 11.7 Å². The monoisotopic (exact) mass is 305 g/mol. The average molecular weight is 305 g/mol. The van der Waals surface area contributed by atoms with Gasteiger partial charge in [0.2, 0.25) is 15.9 Å². The molecule has 118 valence electrons. The maximum Gasteiger partial charge on any atom is 0.234 e. The SMILES string of the molecule is CCCCC(NC1CCN(S(C)(=O)=O)CC1C)C(N)=O. The summed E-state index contributed by atoms with van der Waals surface area (Å²) in [4.78, 5) is 11.5. The molecule has 0 aromatic heterocycles. The van der Waals surface area contributed by atoms with Crippen molar-refractivity contribution >= 4 is 15.9 Å². The Balaban J connectivity index is 2.58. The van der Waals surface area contributed by atoms with E-state index in [0.717, 1.165) is 19.3 Å². The molecule has 3 atom stereocenters. The fourth-order valence-electron chi connectivity index (χ4n) is 2.63. The van der Waals surface area contributed by atoms with Crippen LogP contribution in [-0.4, -0.2) is 50.1 Å². The van der Waals surface area contributed by atoms with Crippen molar-refractivity contribution in [1.82, 2.24) is 9.62 Å². The molecule has 7 heteroatoms. The second-order valence-electron chi connectivity index (χ2n) is 5.76. The highest BCUT2D eigenvalue weighted by molar-refractivity contribution is 7.88. The van der Waals surface area contributed by atoms with E-state index >= 15 is 0 Å². The van der Waals surface area contributed by atoms with Gasteiger partial charge in [-0.3, -0.25) is 4.79 Å². The van der Waals surface area contributed by atoms with Crippen LogP contribution >= 0.6 is 0 Å². The third kappa shape index (κ3) is 5.03. The van der Waals surface area contributed by atoms with E-state index in [4.69, 9.17) is 5.73 Å². The van der Waals surface area contributed by atoms with Crippen molar-refractivity contribution < 1.29 is 13.2 Å². The van der Waals surface area contributed by atoms with E-state index in [1.807, 2.05) is 6.92 Å². The smallest absolute Gasteiger partial charge is 0.234 e. The lowest BCUT2D eigenvalue weighted by atomic mass is 9.93. The highest BCUT2D eigenvalue weighted by Gasteiger charge is 2.32. The third-order valence-electron chi connectivity index (χ3n) is 3.94. The van der Waals surface area contributed by atoms with Gasteiger partial charge in [0, 0.05) is 19.1 Å². The molecule has 0 radical (unpaired) electrons. The Labute approximate surface area is 122 Å². The van der Waals surface area contributed by atoms with E-state index in [0.29, 0.717) is 19.5 Å². The van der Waals surface area contributed by atoms with Gasteiger partial charge in [0.05, 0.1) is 12.3 Å². The first-order chi connectivity index (χ1) is 9.25. The predicted molar refractivity (Wildman–Crippen MR) is 79.6 cm³/mol. The summed E-state index contributed by atoms with van der Waals surface area (Å²) in [6.45, 7) is 5.08. The highest BCUT2D eigenvalue weighted by Crippen LogP contribution is 2.20. The lowest BCUT2D eigenvalue weighted by Gasteiger charge is -2.37. The zero-order valence-electron chi connectivity index (χ0n) is 12.6. The summed E-state index contributed by atoms with van der Waals surface area (Å²) in [5, 5.41) is 3.32. The molecule has 0 aromatic rings. The van der Waals surface area contributed by atoms with Crippen LogP contribution in [0.1, 0.15) is 39.5 Å². The van der Waals surface area contributed by atoms with Gasteiger partial charge in [-0.1, -0.05) is 26.7 Å². The molecule has 1 aliphatic rings. The zero-order chi connectivity index (χ0) is 15.3. The predicted octanol–water partition coefficient (Wildman–Crippen LogP) is 0.290. The van der Waals surface area contributed by atoms with Crippen LogP contribution in [-0.2, 0) is 14.8 Å². The number of piperidine rings is 1. The third-order valence-corrected chi connectivity index (χ3v) is 5.21. The molecule has 6 nitrogen and oxygen atoms in total. The first-order valence-corrected chi connectivity index (χ1v) is 9.11. The Kier molecular flexibility index (Phi) is 6.42. The molecule has 0 aromatic carbocycles. The minimum absolute atomic E-state index is 0.141. The highest BCUT2D eigenvalue weighted by atomic mass is 32.2. The molecule has 0 saturated carbocycles. The van der Waals surface area contributed by atoms with Gasteiger partial charge in [0.15, 0.2) is 0 Å². The van der Waals surface area contributed by atoms with Crippen molar-refractivity contribution in [3.63, 3.8) is 0 Å². The molecular formula is C13H27N3O3S.